The Morgan fingerprint density at radius 2 is 1.83 bits per heavy atom. The van der Waals surface area contributed by atoms with Gasteiger partial charge in [0.05, 0.1) is 17.8 Å². The zero-order valence-electron chi connectivity index (χ0n) is 18.2. The van der Waals surface area contributed by atoms with Gasteiger partial charge in [0.1, 0.15) is 5.60 Å². The Bertz CT molecular complexity index is 988. The molecule has 3 amide bonds. The van der Waals surface area contributed by atoms with Crippen molar-refractivity contribution in [2.24, 2.45) is 7.05 Å². The number of hydrogen-bond donors (Lipinski definition) is 1. The maximum Gasteiger partial charge on any atom is 0.410 e. The van der Waals surface area contributed by atoms with Gasteiger partial charge in [0.25, 0.3) is 0 Å². The molecule has 1 aromatic carbocycles. The lowest BCUT2D eigenvalue weighted by Gasteiger charge is -2.35. The van der Waals surface area contributed by atoms with E-state index < -0.39 is 5.60 Å². The fraction of sp³-hybridized carbons (Fsp3) is 0.500. The molecule has 8 heteroatoms. The van der Waals surface area contributed by atoms with Gasteiger partial charge in [-0.3, -0.25) is 4.68 Å². The van der Waals surface area contributed by atoms with Gasteiger partial charge < -0.3 is 19.9 Å². The van der Waals surface area contributed by atoms with Gasteiger partial charge >= 0.3 is 12.1 Å². The van der Waals surface area contributed by atoms with Crippen molar-refractivity contribution in [1.82, 2.24) is 24.9 Å². The van der Waals surface area contributed by atoms with Gasteiger partial charge in [-0.25, -0.2) is 9.59 Å². The second-order valence-electron chi connectivity index (χ2n) is 8.40. The van der Waals surface area contributed by atoms with Gasteiger partial charge in [0.15, 0.2) is 0 Å². The number of nitrogens with one attached hydrogen (secondary N) is 1. The molecule has 1 aromatic heterocycles. The van der Waals surface area contributed by atoms with Crippen LogP contribution >= 0.6 is 0 Å². The highest BCUT2D eigenvalue weighted by molar-refractivity contribution is 5.85. The third-order valence-corrected chi connectivity index (χ3v) is 4.77. The Morgan fingerprint density at radius 3 is 2.50 bits per heavy atom. The van der Waals surface area contributed by atoms with E-state index in [0.29, 0.717) is 26.2 Å². The molecule has 0 radical (unpaired) electrons. The predicted octanol–water partition coefficient (Wildman–Crippen LogP) is 2.58. The largest absolute Gasteiger partial charge is 0.444 e. The molecule has 3 rings (SSSR count). The maximum absolute atomic E-state index is 12.5. The Morgan fingerprint density at radius 1 is 1.17 bits per heavy atom. The summed E-state index contributed by atoms with van der Waals surface area (Å²) in [5, 5.41) is 8.17. The first kappa shape index (κ1) is 21.5. The summed E-state index contributed by atoms with van der Waals surface area (Å²) in [4.78, 5) is 28.0. The van der Waals surface area contributed by atoms with E-state index in [1.165, 1.54) is 0 Å². The van der Waals surface area contributed by atoms with Gasteiger partial charge in [0, 0.05) is 44.2 Å². The van der Waals surface area contributed by atoms with Crippen LogP contribution in [0.3, 0.4) is 0 Å². The van der Waals surface area contributed by atoms with Crippen LogP contribution in [0.4, 0.5) is 9.59 Å². The molecule has 1 N–H and O–H groups in total. The van der Waals surface area contributed by atoms with Crippen molar-refractivity contribution in [2.45, 2.75) is 39.3 Å². The first-order valence-electron chi connectivity index (χ1n) is 10.1. The summed E-state index contributed by atoms with van der Waals surface area (Å²) >= 11 is 0. The van der Waals surface area contributed by atoms with Gasteiger partial charge in [-0.1, -0.05) is 17.9 Å². The summed E-state index contributed by atoms with van der Waals surface area (Å²) in [6.45, 7) is 9.19. The first-order chi connectivity index (χ1) is 14.1. The number of carbonyl (C=O) groups is 2. The molecule has 8 nitrogen and oxygen atoms in total. The number of aryl methyl sites for hydroxylation is 1. The van der Waals surface area contributed by atoms with Crippen molar-refractivity contribution in [3.63, 3.8) is 0 Å². The molecule has 1 saturated heterocycles. The van der Waals surface area contributed by atoms with Gasteiger partial charge in [-0.15, -0.1) is 0 Å². The molecule has 0 spiro atoms. The van der Waals surface area contributed by atoms with Crippen LogP contribution in [0.2, 0.25) is 0 Å². The summed E-state index contributed by atoms with van der Waals surface area (Å²) < 4.78 is 7.20. The topological polar surface area (TPSA) is 79.7 Å². The lowest BCUT2D eigenvalue weighted by atomic mass is 10.1. The van der Waals surface area contributed by atoms with Crippen molar-refractivity contribution in [3.05, 3.63) is 30.0 Å². The summed E-state index contributed by atoms with van der Waals surface area (Å²) in [7, 11) is 1.89. The molecule has 0 aliphatic carbocycles. The molecule has 30 heavy (non-hydrogen) atoms. The van der Waals surface area contributed by atoms with Crippen LogP contribution in [-0.2, 0) is 11.8 Å². The van der Waals surface area contributed by atoms with E-state index >= 15 is 0 Å². The van der Waals surface area contributed by atoms with Crippen LogP contribution in [0.25, 0.3) is 10.9 Å². The molecule has 0 bridgehead atoms. The van der Waals surface area contributed by atoms with Crippen molar-refractivity contribution < 1.29 is 14.3 Å². The van der Waals surface area contributed by atoms with Crippen molar-refractivity contribution in [1.29, 1.82) is 0 Å². The third kappa shape index (κ3) is 5.23. The Hall–Kier alpha value is -3.21. The number of aromatic nitrogens is 2. The normalized spacial score (nSPS) is 15.4. The van der Waals surface area contributed by atoms with Gasteiger partial charge in [0.2, 0.25) is 0 Å². The number of fused-ring (bicyclic) bond motifs is 1. The zero-order valence-corrected chi connectivity index (χ0v) is 18.2. The number of ether oxygens (including phenoxy) is 1. The minimum atomic E-state index is -0.528. The fourth-order valence-corrected chi connectivity index (χ4v) is 3.20. The Balaban J connectivity index is 1.53. The minimum Gasteiger partial charge on any atom is -0.444 e. The van der Waals surface area contributed by atoms with E-state index in [1.54, 1.807) is 16.0 Å². The number of urea groups is 1. The highest BCUT2D eigenvalue weighted by Gasteiger charge is 2.27. The average Bonchev–Trinajstić information content (AvgIpc) is 3.07. The molecular weight excluding hydrogens is 382 g/mol. The number of amides is 3. The standard InChI is InChI=1S/C22H29N5O3/c1-16(9-10-17-7-6-8-19-18(17)15-23-25(19)5)24-20(28)26-11-13-27(14-12-26)21(29)30-22(2,3)4/h6-8,15-16H,11-14H2,1-5H3,(H,24,28). The summed E-state index contributed by atoms with van der Waals surface area (Å²) in [5.74, 6) is 6.24. The zero-order chi connectivity index (χ0) is 21.9. The van der Waals surface area contributed by atoms with E-state index in [4.69, 9.17) is 4.74 Å². The molecule has 160 valence electrons. The van der Waals surface area contributed by atoms with E-state index in [0.717, 1.165) is 16.5 Å². The smallest absolute Gasteiger partial charge is 0.410 e. The highest BCUT2D eigenvalue weighted by atomic mass is 16.6. The molecule has 2 aromatic rings. The number of hydrogen-bond acceptors (Lipinski definition) is 4. The molecule has 2 heterocycles. The first-order valence-corrected chi connectivity index (χ1v) is 10.1. The number of rotatable bonds is 1. The second-order valence-corrected chi connectivity index (χ2v) is 8.40. The molecule has 1 atom stereocenters. The molecule has 1 aliphatic heterocycles. The third-order valence-electron chi connectivity index (χ3n) is 4.77. The Labute approximate surface area is 177 Å². The van der Waals surface area contributed by atoms with Gasteiger partial charge in [-0.05, 0) is 39.8 Å². The van der Waals surface area contributed by atoms with Crippen molar-refractivity contribution in [2.75, 3.05) is 26.2 Å². The van der Waals surface area contributed by atoms with E-state index in [-0.39, 0.29) is 18.2 Å². The summed E-state index contributed by atoms with van der Waals surface area (Å²) in [6.07, 6.45) is 1.46. The molecule has 1 fully saturated rings. The molecule has 0 saturated carbocycles. The van der Waals surface area contributed by atoms with Gasteiger partial charge in [-0.2, -0.15) is 5.10 Å². The van der Waals surface area contributed by atoms with Crippen LogP contribution in [0.5, 0.6) is 0 Å². The van der Waals surface area contributed by atoms with Crippen molar-refractivity contribution in [3.8, 4) is 11.8 Å². The highest BCUT2D eigenvalue weighted by Crippen LogP contribution is 2.16. The predicted molar refractivity (Wildman–Crippen MR) is 115 cm³/mol. The molecule has 1 aliphatic rings. The minimum absolute atomic E-state index is 0.180. The average molecular weight is 412 g/mol. The summed E-state index contributed by atoms with van der Waals surface area (Å²) in [5.41, 5.74) is 1.37. The van der Waals surface area contributed by atoms with Crippen LogP contribution < -0.4 is 5.32 Å². The lowest BCUT2D eigenvalue weighted by Crippen LogP contribution is -2.54. The number of benzene rings is 1. The van der Waals surface area contributed by atoms with Crippen molar-refractivity contribution >= 4 is 23.0 Å². The number of piperazine rings is 1. The fourth-order valence-electron chi connectivity index (χ4n) is 3.20. The molecule has 1 unspecified atom stereocenters. The molecular formula is C22H29N5O3. The van der Waals surface area contributed by atoms with Crippen LogP contribution in [0.1, 0.15) is 33.3 Å². The lowest BCUT2D eigenvalue weighted by molar-refractivity contribution is 0.0169. The quantitative estimate of drug-likeness (QED) is 0.732. The van der Waals surface area contributed by atoms with E-state index in [9.17, 15) is 9.59 Å². The monoisotopic (exact) mass is 411 g/mol. The van der Waals surface area contributed by atoms with E-state index in [2.05, 4.69) is 22.3 Å². The maximum atomic E-state index is 12.5. The number of nitrogens with zero attached hydrogens (tertiary/aromatic N) is 4. The van der Waals surface area contributed by atoms with Crippen LogP contribution in [0, 0.1) is 11.8 Å². The van der Waals surface area contributed by atoms with E-state index in [1.807, 2.05) is 57.6 Å². The van der Waals surface area contributed by atoms with Crippen LogP contribution in [-0.4, -0.2) is 69.5 Å². The van der Waals surface area contributed by atoms with Crippen LogP contribution in [0.15, 0.2) is 24.4 Å². The SMILES string of the molecule is CC(C#Cc1cccc2c1cnn2C)NC(=O)N1CCN(C(=O)OC(C)(C)C)CC1. The number of carbonyl (C=O) groups excluding carboxylic acids is 2. The Kier molecular flexibility index (Phi) is 6.20. The second kappa shape index (κ2) is 8.66. The summed E-state index contributed by atoms with van der Waals surface area (Å²) in [6, 6.07) is 5.40.